The fourth-order valence-electron chi connectivity index (χ4n) is 2.74. The second-order valence-corrected chi connectivity index (χ2v) is 5.96. The molecule has 5 heteroatoms. The number of nitrogens with one attached hydrogen (secondary N) is 1. The van der Waals surface area contributed by atoms with Gasteiger partial charge in [0.05, 0.1) is 0 Å². The highest BCUT2D eigenvalue weighted by atomic mass is 19.1. The summed E-state index contributed by atoms with van der Waals surface area (Å²) >= 11 is 0. The highest BCUT2D eigenvalue weighted by Gasteiger charge is 2.30. The fraction of sp³-hybridized carbons (Fsp3) is 0.500. The summed E-state index contributed by atoms with van der Waals surface area (Å²) in [7, 11) is 0. The van der Waals surface area contributed by atoms with Crippen LogP contribution in [0.1, 0.15) is 36.0 Å². The molecule has 0 unspecified atom stereocenters. The molecule has 1 N–H and O–H groups in total. The van der Waals surface area contributed by atoms with Gasteiger partial charge in [-0.15, -0.1) is 0 Å². The first-order chi connectivity index (χ1) is 10.1. The van der Waals surface area contributed by atoms with Crippen molar-refractivity contribution in [2.24, 2.45) is 5.92 Å². The molecule has 21 heavy (non-hydrogen) atoms. The first kappa shape index (κ1) is 14.0. The van der Waals surface area contributed by atoms with Crippen molar-refractivity contribution < 1.29 is 14.0 Å². The van der Waals surface area contributed by atoms with E-state index in [0.29, 0.717) is 31.1 Å². The van der Waals surface area contributed by atoms with Crippen molar-refractivity contribution in [2.75, 3.05) is 13.1 Å². The second-order valence-electron chi connectivity index (χ2n) is 5.96. The molecule has 1 aliphatic heterocycles. The van der Waals surface area contributed by atoms with Gasteiger partial charge in [0.2, 0.25) is 5.91 Å². The largest absolute Gasteiger partial charge is 0.353 e. The van der Waals surface area contributed by atoms with Crippen LogP contribution in [0, 0.1) is 11.7 Å². The van der Waals surface area contributed by atoms with Crippen LogP contribution in [-0.2, 0) is 4.79 Å². The average molecular weight is 290 g/mol. The maximum atomic E-state index is 12.9. The first-order valence-electron chi connectivity index (χ1n) is 7.46. The lowest BCUT2D eigenvalue weighted by molar-refractivity contribution is -0.122. The number of rotatable bonds is 4. The van der Waals surface area contributed by atoms with Gasteiger partial charge in [-0.25, -0.2) is 4.39 Å². The van der Waals surface area contributed by atoms with Crippen LogP contribution in [0.25, 0.3) is 0 Å². The zero-order valence-corrected chi connectivity index (χ0v) is 11.8. The van der Waals surface area contributed by atoms with E-state index in [9.17, 15) is 14.0 Å². The maximum absolute atomic E-state index is 12.9. The monoisotopic (exact) mass is 290 g/mol. The lowest BCUT2D eigenvalue weighted by atomic mass is 10.0. The minimum Gasteiger partial charge on any atom is -0.353 e. The molecule has 1 saturated carbocycles. The SMILES string of the molecule is O=C(C[C@H]1CCN(C(=O)c2ccc(F)cc2)C1)NC1CC1. The van der Waals surface area contributed by atoms with Crippen molar-refractivity contribution in [3.8, 4) is 0 Å². The Morgan fingerprint density at radius 2 is 1.90 bits per heavy atom. The van der Waals surface area contributed by atoms with E-state index >= 15 is 0 Å². The summed E-state index contributed by atoms with van der Waals surface area (Å²) in [5, 5.41) is 2.98. The number of hydrogen-bond acceptors (Lipinski definition) is 2. The van der Waals surface area contributed by atoms with E-state index < -0.39 is 0 Å². The third-order valence-corrected chi connectivity index (χ3v) is 4.08. The molecule has 2 aliphatic rings. The molecule has 1 heterocycles. The predicted octanol–water partition coefficient (Wildman–Crippen LogP) is 1.96. The summed E-state index contributed by atoms with van der Waals surface area (Å²) in [5.74, 6) is -0.102. The summed E-state index contributed by atoms with van der Waals surface area (Å²) in [6.07, 6.45) is 3.52. The minimum atomic E-state index is -0.345. The second kappa shape index (κ2) is 5.84. The summed E-state index contributed by atoms with van der Waals surface area (Å²) in [6.45, 7) is 1.27. The van der Waals surface area contributed by atoms with Gasteiger partial charge in [-0.1, -0.05) is 0 Å². The molecule has 1 aromatic carbocycles. The summed E-state index contributed by atoms with van der Waals surface area (Å²) in [5.41, 5.74) is 0.500. The number of hydrogen-bond donors (Lipinski definition) is 1. The Morgan fingerprint density at radius 3 is 2.57 bits per heavy atom. The van der Waals surface area contributed by atoms with Gasteiger partial charge < -0.3 is 10.2 Å². The number of carbonyl (C=O) groups excluding carboxylic acids is 2. The van der Waals surface area contributed by atoms with Gasteiger partial charge in [0.15, 0.2) is 0 Å². The van der Waals surface area contributed by atoms with Crippen LogP contribution in [0.5, 0.6) is 0 Å². The molecule has 1 aliphatic carbocycles. The third-order valence-electron chi connectivity index (χ3n) is 4.08. The Labute approximate surface area is 123 Å². The van der Waals surface area contributed by atoms with Gasteiger partial charge >= 0.3 is 0 Å². The molecule has 1 aromatic rings. The first-order valence-corrected chi connectivity index (χ1v) is 7.46. The predicted molar refractivity (Wildman–Crippen MR) is 76.2 cm³/mol. The van der Waals surface area contributed by atoms with Crippen molar-refractivity contribution in [2.45, 2.75) is 31.7 Å². The van der Waals surface area contributed by atoms with E-state index in [1.54, 1.807) is 4.90 Å². The van der Waals surface area contributed by atoms with Crippen molar-refractivity contribution >= 4 is 11.8 Å². The highest BCUT2D eigenvalue weighted by Crippen LogP contribution is 2.23. The van der Waals surface area contributed by atoms with Crippen molar-refractivity contribution in [3.63, 3.8) is 0 Å². The number of likely N-dealkylation sites (tertiary alicyclic amines) is 1. The topological polar surface area (TPSA) is 49.4 Å². The molecule has 2 amide bonds. The lowest BCUT2D eigenvalue weighted by Gasteiger charge is -2.16. The van der Waals surface area contributed by atoms with E-state index in [4.69, 9.17) is 0 Å². The van der Waals surface area contributed by atoms with Crippen molar-refractivity contribution in [3.05, 3.63) is 35.6 Å². The summed E-state index contributed by atoms with van der Waals surface area (Å²) in [4.78, 5) is 25.8. The Hall–Kier alpha value is -1.91. The van der Waals surface area contributed by atoms with E-state index in [1.807, 2.05) is 0 Å². The zero-order chi connectivity index (χ0) is 14.8. The van der Waals surface area contributed by atoms with Gasteiger partial charge in [0, 0.05) is 31.1 Å². The molecule has 2 fully saturated rings. The number of nitrogens with zero attached hydrogens (tertiary/aromatic N) is 1. The van der Waals surface area contributed by atoms with Crippen LogP contribution < -0.4 is 5.32 Å². The molecular weight excluding hydrogens is 271 g/mol. The van der Waals surface area contributed by atoms with Crippen LogP contribution >= 0.6 is 0 Å². The Bertz CT molecular complexity index is 540. The molecule has 1 atom stereocenters. The minimum absolute atomic E-state index is 0.0832. The van der Waals surface area contributed by atoms with Gasteiger partial charge in [-0.2, -0.15) is 0 Å². The molecule has 0 bridgehead atoms. The quantitative estimate of drug-likeness (QED) is 0.921. The Morgan fingerprint density at radius 1 is 1.19 bits per heavy atom. The third kappa shape index (κ3) is 3.60. The molecule has 1 saturated heterocycles. The van der Waals surface area contributed by atoms with E-state index in [-0.39, 0.29) is 23.5 Å². The summed E-state index contributed by atoms with van der Waals surface area (Å²) in [6, 6.07) is 5.99. The van der Waals surface area contributed by atoms with Gasteiger partial charge in [-0.05, 0) is 49.4 Å². The van der Waals surface area contributed by atoms with E-state index in [1.165, 1.54) is 24.3 Å². The van der Waals surface area contributed by atoms with Crippen LogP contribution in [0.15, 0.2) is 24.3 Å². The molecular formula is C16H19FN2O2. The average Bonchev–Trinajstić information content (AvgIpc) is 3.15. The molecule has 4 nitrogen and oxygen atoms in total. The van der Waals surface area contributed by atoms with Gasteiger partial charge in [-0.3, -0.25) is 9.59 Å². The smallest absolute Gasteiger partial charge is 0.253 e. The number of amides is 2. The van der Waals surface area contributed by atoms with Gasteiger partial charge in [0.1, 0.15) is 5.82 Å². The normalized spacial score (nSPS) is 21.4. The maximum Gasteiger partial charge on any atom is 0.253 e. The number of carbonyl (C=O) groups is 2. The van der Waals surface area contributed by atoms with Crippen molar-refractivity contribution in [1.82, 2.24) is 10.2 Å². The molecule has 3 rings (SSSR count). The molecule has 0 spiro atoms. The van der Waals surface area contributed by atoms with Crippen molar-refractivity contribution in [1.29, 1.82) is 0 Å². The van der Waals surface area contributed by atoms with Crippen LogP contribution in [0.2, 0.25) is 0 Å². The molecule has 0 aromatic heterocycles. The zero-order valence-electron chi connectivity index (χ0n) is 11.8. The Balaban J connectivity index is 1.52. The lowest BCUT2D eigenvalue weighted by Crippen LogP contribution is -2.31. The molecule has 0 radical (unpaired) electrons. The van der Waals surface area contributed by atoms with Crippen LogP contribution in [-0.4, -0.2) is 35.8 Å². The highest BCUT2D eigenvalue weighted by molar-refractivity contribution is 5.94. The van der Waals surface area contributed by atoms with Gasteiger partial charge in [0.25, 0.3) is 5.91 Å². The summed E-state index contributed by atoms with van der Waals surface area (Å²) < 4.78 is 12.9. The number of halogens is 1. The number of benzene rings is 1. The van der Waals surface area contributed by atoms with E-state index in [0.717, 1.165) is 19.3 Å². The standard InChI is InChI=1S/C16H19FN2O2/c17-13-3-1-12(2-4-13)16(21)19-8-7-11(10-19)9-15(20)18-14-5-6-14/h1-4,11,14H,5-10H2,(H,18,20)/t11-/m1/s1. The van der Waals surface area contributed by atoms with Crippen LogP contribution in [0.4, 0.5) is 4.39 Å². The Kier molecular flexibility index (Phi) is 3.90. The molecule has 112 valence electrons. The van der Waals surface area contributed by atoms with Crippen LogP contribution in [0.3, 0.4) is 0 Å². The van der Waals surface area contributed by atoms with E-state index in [2.05, 4.69) is 5.32 Å². The fourth-order valence-corrected chi connectivity index (χ4v) is 2.74.